The van der Waals surface area contributed by atoms with Crippen molar-refractivity contribution >= 4 is 11.6 Å². The molecule has 1 heterocycles. The summed E-state index contributed by atoms with van der Waals surface area (Å²) in [5.41, 5.74) is -1.85. The molecule has 1 aromatic rings. The molecule has 0 saturated heterocycles. The molecule has 3 nitrogen and oxygen atoms in total. The minimum atomic E-state index is -1.74. The van der Waals surface area contributed by atoms with E-state index < -0.39 is 23.1 Å². The fraction of sp³-hybridized carbons (Fsp3) is 0.462. The van der Waals surface area contributed by atoms with Crippen LogP contribution in [0.3, 0.4) is 0 Å². The molecule has 18 heavy (non-hydrogen) atoms. The van der Waals surface area contributed by atoms with Gasteiger partial charge in [-0.25, -0.2) is 8.78 Å². The molecule has 0 aromatic heterocycles. The first kappa shape index (κ1) is 13.0. The molecule has 1 amide bonds. The first-order valence-corrected chi connectivity index (χ1v) is 6.03. The molecule has 1 atom stereocenters. The standard InChI is InChI=1S/C13H15F2NO2/c1-2-3-4-7-13(18)8-5-6-9(14)10(15)11(8)16-12(13)17/h5-6,18H,2-4,7H2,1H3,(H,16,17). The molecular weight excluding hydrogens is 240 g/mol. The van der Waals surface area contributed by atoms with Gasteiger partial charge in [0.05, 0.1) is 5.69 Å². The van der Waals surface area contributed by atoms with Crippen molar-refractivity contribution < 1.29 is 18.7 Å². The van der Waals surface area contributed by atoms with Gasteiger partial charge in [-0.3, -0.25) is 4.79 Å². The lowest BCUT2D eigenvalue weighted by Gasteiger charge is -2.20. The van der Waals surface area contributed by atoms with E-state index in [2.05, 4.69) is 5.32 Å². The summed E-state index contributed by atoms with van der Waals surface area (Å²) < 4.78 is 26.6. The van der Waals surface area contributed by atoms with Crippen LogP contribution in [0.1, 0.15) is 38.2 Å². The molecule has 0 saturated carbocycles. The minimum absolute atomic E-state index is 0.127. The smallest absolute Gasteiger partial charge is 0.261 e. The summed E-state index contributed by atoms with van der Waals surface area (Å²) in [6.45, 7) is 2.00. The molecule has 1 unspecified atom stereocenters. The van der Waals surface area contributed by atoms with Crippen LogP contribution in [0, 0.1) is 11.6 Å². The predicted octanol–water partition coefficient (Wildman–Crippen LogP) is 2.68. The lowest BCUT2D eigenvalue weighted by molar-refractivity contribution is -0.134. The quantitative estimate of drug-likeness (QED) is 0.813. The van der Waals surface area contributed by atoms with Crippen molar-refractivity contribution in [1.29, 1.82) is 0 Å². The van der Waals surface area contributed by atoms with Crippen molar-refractivity contribution in [2.24, 2.45) is 0 Å². The van der Waals surface area contributed by atoms with Gasteiger partial charge in [-0.15, -0.1) is 0 Å². The number of unbranched alkanes of at least 4 members (excludes halogenated alkanes) is 2. The van der Waals surface area contributed by atoms with Crippen LogP contribution in [0.5, 0.6) is 0 Å². The van der Waals surface area contributed by atoms with Crippen LogP contribution in [-0.2, 0) is 10.4 Å². The third-order valence-corrected chi connectivity index (χ3v) is 3.30. The zero-order valence-corrected chi connectivity index (χ0v) is 10.1. The Kier molecular flexibility index (Phi) is 3.34. The molecular formula is C13H15F2NO2. The summed E-state index contributed by atoms with van der Waals surface area (Å²) in [5.74, 6) is -2.84. The molecule has 5 heteroatoms. The van der Waals surface area contributed by atoms with E-state index >= 15 is 0 Å². The zero-order chi connectivity index (χ0) is 13.3. The van der Waals surface area contributed by atoms with Crippen LogP contribution in [0.2, 0.25) is 0 Å². The van der Waals surface area contributed by atoms with Gasteiger partial charge in [-0.1, -0.05) is 25.8 Å². The van der Waals surface area contributed by atoms with Crippen LogP contribution in [0.15, 0.2) is 12.1 Å². The van der Waals surface area contributed by atoms with Crippen molar-refractivity contribution in [3.8, 4) is 0 Å². The molecule has 98 valence electrons. The topological polar surface area (TPSA) is 49.3 Å². The van der Waals surface area contributed by atoms with E-state index in [0.29, 0.717) is 6.42 Å². The van der Waals surface area contributed by atoms with E-state index in [1.807, 2.05) is 6.92 Å². The van der Waals surface area contributed by atoms with Crippen molar-refractivity contribution in [3.63, 3.8) is 0 Å². The Labute approximate surface area is 104 Å². The number of fused-ring (bicyclic) bond motifs is 1. The summed E-state index contributed by atoms with van der Waals surface area (Å²) in [5, 5.41) is 12.6. The normalized spacial score (nSPS) is 21.9. The first-order valence-electron chi connectivity index (χ1n) is 6.03. The summed E-state index contributed by atoms with van der Waals surface area (Å²) in [7, 11) is 0. The number of benzene rings is 1. The maximum atomic E-state index is 13.5. The Bertz CT molecular complexity index is 490. The van der Waals surface area contributed by atoms with E-state index in [-0.39, 0.29) is 17.7 Å². The molecule has 0 bridgehead atoms. The third kappa shape index (κ3) is 1.88. The third-order valence-electron chi connectivity index (χ3n) is 3.30. The number of carbonyl (C=O) groups is 1. The van der Waals surface area contributed by atoms with Crippen LogP contribution >= 0.6 is 0 Å². The van der Waals surface area contributed by atoms with Gasteiger partial charge < -0.3 is 10.4 Å². The number of hydrogen-bond donors (Lipinski definition) is 2. The van der Waals surface area contributed by atoms with Gasteiger partial charge in [0.15, 0.2) is 17.2 Å². The van der Waals surface area contributed by atoms with E-state index in [4.69, 9.17) is 0 Å². The molecule has 2 rings (SSSR count). The number of aliphatic hydroxyl groups is 1. The second kappa shape index (κ2) is 4.65. The Hall–Kier alpha value is -1.49. The highest BCUT2D eigenvalue weighted by Gasteiger charge is 2.46. The molecule has 1 aromatic carbocycles. The van der Waals surface area contributed by atoms with Gasteiger partial charge in [0.2, 0.25) is 0 Å². The van der Waals surface area contributed by atoms with Crippen molar-refractivity contribution in [2.45, 2.75) is 38.2 Å². The van der Waals surface area contributed by atoms with Gasteiger partial charge in [0.25, 0.3) is 5.91 Å². The molecule has 1 aliphatic heterocycles. The monoisotopic (exact) mass is 255 g/mol. The lowest BCUT2D eigenvalue weighted by atomic mass is 9.89. The van der Waals surface area contributed by atoms with Gasteiger partial charge >= 0.3 is 0 Å². The summed E-state index contributed by atoms with van der Waals surface area (Å²) in [4.78, 5) is 11.8. The molecule has 0 radical (unpaired) electrons. The minimum Gasteiger partial charge on any atom is -0.375 e. The van der Waals surface area contributed by atoms with Gasteiger partial charge in [0, 0.05) is 5.56 Å². The van der Waals surface area contributed by atoms with Crippen LogP contribution in [0.25, 0.3) is 0 Å². The highest BCUT2D eigenvalue weighted by Crippen LogP contribution is 2.41. The Morgan fingerprint density at radius 2 is 2.06 bits per heavy atom. The second-order valence-electron chi connectivity index (χ2n) is 4.56. The number of carbonyl (C=O) groups excluding carboxylic acids is 1. The number of rotatable bonds is 4. The van der Waals surface area contributed by atoms with Gasteiger partial charge in [-0.2, -0.15) is 0 Å². The Morgan fingerprint density at radius 3 is 2.72 bits per heavy atom. The SMILES string of the molecule is CCCCCC1(O)C(=O)Nc2c1ccc(F)c2F. The average Bonchev–Trinajstić information content (AvgIpc) is 2.59. The Balaban J connectivity index is 2.35. The maximum Gasteiger partial charge on any atom is 0.261 e. The number of hydrogen-bond acceptors (Lipinski definition) is 2. The Morgan fingerprint density at radius 1 is 1.33 bits per heavy atom. The highest BCUT2D eigenvalue weighted by molar-refractivity contribution is 6.05. The second-order valence-corrected chi connectivity index (χ2v) is 4.56. The van der Waals surface area contributed by atoms with Gasteiger partial charge in [-0.05, 0) is 18.9 Å². The average molecular weight is 255 g/mol. The molecule has 0 spiro atoms. The summed E-state index contributed by atoms with van der Waals surface area (Å²) in [6.07, 6.45) is 2.68. The number of halogens is 2. The van der Waals surface area contributed by atoms with Crippen LogP contribution in [-0.4, -0.2) is 11.0 Å². The number of nitrogens with one attached hydrogen (secondary N) is 1. The summed E-state index contributed by atoms with van der Waals surface area (Å²) >= 11 is 0. The molecule has 0 aliphatic carbocycles. The number of anilines is 1. The van der Waals surface area contributed by atoms with E-state index in [9.17, 15) is 18.7 Å². The van der Waals surface area contributed by atoms with Crippen molar-refractivity contribution in [1.82, 2.24) is 0 Å². The first-order chi connectivity index (χ1) is 8.50. The maximum absolute atomic E-state index is 13.5. The van der Waals surface area contributed by atoms with E-state index in [1.54, 1.807) is 0 Å². The van der Waals surface area contributed by atoms with E-state index in [1.165, 1.54) is 6.07 Å². The lowest BCUT2D eigenvalue weighted by Crippen LogP contribution is -2.34. The van der Waals surface area contributed by atoms with Gasteiger partial charge in [0.1, 0.15) is 0 Å². The number of amides is 1. The van der Waals surface area contributed by atoms with Crippen LogP contribution < -0.4 is 5.32 Å². The zero-order valence-electron chi connectivity index (χ0n) is 10.1. The fourth-order valence-electron chi connectivity index (χ4n) is 2.24. The van der Waals surface area contributed by atoms with Crippen molar-refractivity contribution in [2.75, 3.05) is 5.32 Å². The largest absolute Gasteiger partial charge is 0.375 e. The van der Waals surface area contributed by atoms with Crippen LogP contribution in [0.4, 0.5) is 14.5 Å². The van der Waals surface area contributed by atoms with Crippen molar-refractivity contribution in [3.05, 3.63) is 29.3 Å². The highest BCUT2D eigenvalue weighted by atomic mass is 19.2. The molecule has 0 fully saturated rings. The fourth-order valence-corrected chi connectivity index (χ4v) is 2.24. The summed E-state index contributed by atoms with van der Waals surface area (Å²) in [6, 6.07) is 2.19. The predicted molar refractivity (Wildman–Crippen MR) is 63.0 cm³/mol. The molecule has 1 aliphatic rings. The van der Waals surface area contributed by atoms with E-state index in [0.717, 1.165) is 18.9 Å². The molecule has 2 N–H and O–H groups in total.